The van der Waals surface area contributed by atoms with Crippen LogP contribution in [0, 0.1) is 16.7 Å². The predicted molar refractivity (Wildman–Crippen MR) is 64.0 cm³/mol. The van der Waals surface area contributed by atoms with Crippen molar-refractivity contribution in [1.29, 1.82) is 5.26 Å². The fraction of sp³-hybridized carbons (Fsp3) is 0.538. The first kappa shape index (κ1) is 12.0. The van der Waals surface area contributed by atoms with Gasteiger partial charge in [0.15, 0.2) is 0 Å². The summed E-state index contributed by atoms with van der Waals surface area (Å²) < 4.78 is 0. The number of hydrogen-bond acceptors (Lipinski definition) is 4. The largest absolute Gasteiger partial charge is 0.392 e. The Morgan fingerprint density at radius 2 is 2.41 bits per heavy atom. The van der Waals surface area contributed by atoms with Crippen LogP contribution in [0.3, 0.4) is 0 Å². The summed E-state index contributed by atoms with van der Waals surface area (Å²) in [7, 11) is 0. The van der Waals surface area contributed by atoms with Crippen molar-refractivity contribution in [2.24, 2.45) is 5.41 Å². The Balaban J connectivity index is 1.98. The molecule has 2 unspecified atom stereocenters. The average Bonchev–Trinajstić information content (AvgIpc) is 2.34. The van der Waals surface area contributed by atoms with Crippen molar-refractivity contribution in [2.75, 3.05) is 0 Å². The summed E-state index contributed by atoms with van der Waals surface area (Å²) in [5, 5.41) is 21.9. The van der Waals surface area contributed by atoms with Gasteiger partial charge in [-0.15, -0.1) is 0 Å². The van der Waals surface area contributed by atoms with Gasteiger partial charge in [-0.3, -0.25) is 0 Å². The van der Waals surface area contributed by atoms with Crippen molar-refractivity contribution in [2.45, 2.75) is 39.0 Å². The van der Waals surface area contributed by atoms with Gasteiger partial charge >= 0.3 is 0 Å². The van der Waals surface area contributed by atoms with Gasteiger partial charge in [0.05, 0.1) is 6.10 Å². The van der Waals surface area contributed by atoms with E-state index >= 15 is 0 Å². The SMILES string of the molecule is CC1(C)C(O)CC1NCc1cccnc1C#N. The van der Waals surface area contributed by atoms with Gasteiger partial charge in [-0.25, -0.2) is 4.98 Å². The monoisotopic (exact) mass is 231 g/mol. The van der Waals surface area contributed by atoms with Crippen LogP contribution in [-0.4, -0.2) is 22.2 Å². The summed E-state index contributed by atoms with van der Waals surface area (Å²) in [4.78, 5) is 4.02. The van der Waals surface area contributed by atoms with Gasteiger partial charge in [0, 0.05) is 29.8 Å². The highest BCUT2D eigenvalue weighted by molar-refractivity contribution is 5.30. The lowest BCUT2D eigenvalue weighted by Gasteiger charge is -2.49. The molecule has 0 bridgehead atoms. The average molecular weight is 231 g/mol. The van der Waals surface area contributed by atoms with E-state index in [2.05, 4.69) is 16.4 Å². The van der Waals surface area contributed by atoms with Crippen LogP contribution < -0.4 is 5.32 Å². The summed E-state index contributed by atoms with van der Waals surface area (Å²) in [6.45, 7) is 4.72. The van der Waals surface area contributed by atoms with Crippen LogP contribution in [0.25, 0.3) is 0 Å². The zero-order valence-corrected chi connectivity index (χ0v) is 10.1. The predicted octanol–water partition coefficient (Wildman–Crippen LogP) is 1.20. The molecule has 1 heterocycles. The van der Waals surface area contributed by atoms with Crippen LogP contribution in [0.2, 0.25) is 0 Å². The summed E-state index contributed by atoms with van der Waals surface area (Å²) in [5.41, 5.74) is 1.29. The Kier molecular flexibility index (Phi) is 3.14. The second kappa shape index (κ2) is 4.44. The number of nitrogens with one attached hydrogen (secondary N) is 1. The smallest absolute Gasteiger partial charge is 0.144 e. The maximum atomic E-state index is 9.64. The molecular weight excluding hydrogens is 214 g/mol. The maximum Gasteiger partial charge on any atom is 0.144 e. The molecule has 0 radical (unpaired) electrons. The number of aromatic nitrogens is 1. The molecule has 0 aromatic carbocycles. The lowest BCUT2D eigenvalue weighted by Crippen LogP contribution is -2.59. The lowest BCUT2D eigenvalue weighted by molar-refractivity contribution is -0.0729. The van der Waals surface area contributed by atoms with Gasteiger partial charge in [0.1, 0.15) is 11.8 Å². The maximum absolute atomic E-state index is 9.64. The Labute approximate surface area is 101 Å². The third-order valence-corrected chi connectivity index (χ3v) is 3.75. The van der Waals surface area contributed by atoms with E-state index in [1.807, 2.05) is 26.0 Å². The molecule has 1 saturated carbocycles. The van der Waals surface area contributed by atoms with Crippen LogP contribution in [0.4, 0.5) is 0 Å². The summed E-state index contributed by atoms with van der Waals surface area (Å²) >= 11 is 0. The van der Waals surface area contributed by atoms with Crippen LogP contribution in [0.15, 0.2) is 18.3 Å². The van der Waals surface area contributed by atoms with Crippen molar-refractivity contribution in [1.82, 2.24) is 10.3 Å². The number of hydrogen-bond donors (Lipinski definition) is 2. The zero-order chi connectivity index (χ0) is 12.5. The Hall–Kier alpha value is -1.44. The topological polar surface area (TPSA) is 68.9 Å². The molecule has 0 amide bonds. The molecule has 4 nitrogen and oxygen atoms in total. The van der Waals surface area contributed by atoms with Crippen molar-refractivity contribution >= 4 is 0 Å². The molecule has 2 N–H and O–H groups in total. The van der Waals surface area contributed by atoms with E-state index in [1.54, 1.807) is 6.20 Å². The minimum Gasteiger partial charge on any atom is -0.392 e. The summed E-state index contributed by atoms with van der Waals surface area (Å²) in [6, 6.07) is 6.12. The molecule has 1 aromatic rings. The van der Waals surface area contributed by atoms with E-state index in [9.17, 15) is 5.11 Å². The van der Waals surface area contributed by atoms with E-state index in [4.69, 9.17) is 5.26 Å². The Morgan fingerprint density at radius 3 is 3.00 bits per heavy atom. The van der Waals surface area contributed by atoms with Crippen molar-refractivity contribution in [3.8, 4) is 6.07 Å². The van der Waals surface area contributed by atoms with Crippen LogP contribution >= 0.6 is 0 Å². The first-order valence-electron chi connectivity index (χ1n) is 5.81. The normalized spacial score (nSPS) is 26.0. The number of nitrogens with zero attached hydrogens (tertiary/aromatic N) is 2. The van der Waals surface area contributed by atoms with E-state index < -0.39 is 0 Å². The van der Waals surface area contributed by atoms with Crippen LogP contribution in [-0.2, 0) is 6.54 Å². The van der Waals surface area contributed by atoms with Crippen molar-refractivity contribution < 1.29 is 5.11 Å². The van der Waals surface area contributed by atoms with Crippen LogP contribution in [0.5, 0.6) is 0 Å². The zero-order valence-electron chi connectivity index (χ0n) is 10.1. The minimum atomic E-state index is -0.232. The summed E-state index contributed by atoms with van der Waals surface area (Å²) in [6.07, 6.45) is 2.16. The lowest BCUT2D eigenvalue weighted by atomic mass is 9.64. The van der Waals surface area contributed by atoms with Gasteiger partial charge < -0.3 is 10.4 Å². The standard InChI is InChI=1S/C13H17N3O/c1-13(2)11(6-12(13)17)16-8-9-4-3-5-15-10(9)7-14/h3-5,11-12,16-17H,6,8H2,1-2H3. The molecule has 90 valence electrons. The first-order valence-corrected chi connectivity index (χ1v) is 5.81. The Bertz CT molecular complexity index is 450. The molecule has 0 saturated heterocycles. The highest BCUT2D eigenvalue weighted by Gasteiger charge is 2.46. The fourth-order valence-corrected chi connectivity index (χ4v) is 2.16. The van der Waals surface area contributed by atoms with E-state index in [1.165, 1.54) is 0 Å². The quantitative estimate of drug-likeness (QED) is 0.820. The number of pyridine rings is 1. The van der Waals surface area contributed by atoms with Crippen molar-refractivity contribution in [3.05, 3.63) is 29.6 Å². The second-order valence-electron chi connectivity index (χ2n) is 5.13. The van der Waals surface area contributed by atoms with Crippen LogP contribution in [0.1, 0.15) is 31.5 Å². The molecule has 0 aliphatic heterocycles. The molecule has 1 fully saturated rings. The highest BCUT2D eigenvalue weighted by Crippen LogP contribution is 2.40. The molecule has 2 atom stereocenters. The van der Waals surface area contributed by atoms with Gasteiger partial charge in [-0.2, -0.15) is 5.26 Å². The van der Waals surface area contributed by atoms with E-state index in [0.29, 0.717) is 18.3 Å². The fourth-order valence-electron chi connectivity index (χ4n) is 2.16. The highest BCUT2D eigenvalue weighted by atomic mass is 16.3. The Morgan fingerprint density at radius 1 is 1.65 bits per heavy atom. The molecule has 0 spiro atoms. The van der Waals surface area contributed by atoms with Gasteiger partial charge in [0.25, 0.3) is 0 Å². The number of aliphatic hydroxyl groups is 1. The molecule has 2 rings (SSSR count). The number of rotatable bonds is 3. The van der Waals surface area contributed by atoms with E-state index in [0.717, 1.165) is 12.0 Å². The van der Waals surface area contributed by atoms with Gasteiger partial charge in [0.2, 0.25) is 0 Å². The summed E-state index contributed by atoms with van der Waals surface area (Å²) in [5.74, 6) is 0. The van der Waals surface area contributed by atoms with E-state index in [-0.39, 0.29) is 11.5 Å². The van der Waals surface area contributed by atoms with Gasteiger partial charge in [-0.05, 0) is 12.5 Å². The third kappa shape index (κ3) is 2.17. The first-order chi connectivity index (χ1) is 8.05. The minimum absolute atomic E-state index is 0.0883. The third-order valence-electron chi connectivity index (χ3n) is 3.75. The van der Waals surface area contributed by atoms with Gasteiger partial charge in [-0.1, -0.05) is 19.9 Å². The molecule has 1 aliphatic carbocycles. The number of nitriles is 1. The molecular formula is C13H17N3O. The number of aliphatic hydroxyl groups excluding tert-OH is 1. The van der Waals surface area contributed by atoms with Crippen molar-refractivity contribution in [3.63, 3.8) is 0 Å². The second-order valence-corrected chi connectivity index (χ2v) is 5.13. The molecule has 17 heavy (non-hydrogen) atoms. The molecule has 1 aromatic heterocycles. The molecule has 4 heteroatoms. The molecule has 1 aliphatic rings.